The highest BCUT2D eigenvalue weighted by Crippen LogP contribution is 2.23. The quantitative estimate of drug-likeness (QED) is 0.843. The highest BCUT2D eigenvalue weighted by molar-refractivity contribution is 6.30. The van der Waals surface area contributed by atoms with Crippen molar-refractivity contribution in [3.63, 3.8) is 0 Å². The van der Waals surface area contributed by atoms with Gasteiger partial charge < -0.3 is 5.73 Å². The molecule has 0 unspecified atom stereocenters. The molecule has 2 N–H and O–H groups in total. The number of benzene rings is 1. The van der Waals surface area contributed by atoms with Crippen LogP contribution >= 0.6 is 11.6 Å². The predicted molar refractivity (Wildman–Crippen MR) is 67.4 cm³/mol. The number of carbonyl (C=O) groups excluding carboxylic acids is 1. The molecule has 1 aromatic carbocycles. The number of halogens is 1. The van der Waals surface area contributed by atoms with Gasteiger partial charge in [-0.25, -0.2) is 0 Å². The standard InChI is InChI=1S/C13H18ClNO/c1-13(2,12(15)16)9-3-4-10-5-7-11(14)8-6-10/h5-8H,3-4,9H2,1-2H3,(H2,15,16). The fourth-order valence-corrected chi connectivity index (χ4v) is 1.63. The zero-order valence-corrected chi connectivity index (χ0v) is 10.6. The van der Waals surface area contributed by atoms with Crippen molar-refractivity contribution in [3.8, 4) is 0 Å². The molecular weight excluding hydrogens is 222 g/mol. The summed E-state index contributed by atoms with van der Waals surface area (Å²) >= 11 is 5.80. The molecule has 3 heteroatoms. The maximum atomic E-state index is 11.1. The van der Waals surface area contributed by atoms with Crippen molar-refractivity contribution in [2.75, 3.05) is 0 Å². The molecule has 0 radical (unpaired) electrons. The minimum absolute atomic E-state index is 0.233. The van der Waals surface area contributed by atoms with Crippen LogP contribution in [0, 0.1) is 5.41 Å². The van der Waals surface area contributed by atoms with Gasteiger partial charge in [-0.05, 0) is 37.0 Å². The SMILES string of the molecule is CC(C)(CCCc1ccc(Cl)cc1)C(N)=O. The molecule has 0 aliphatic heterocycles. The number of carbonyl (C=O) groups is 1. The van der Waals surface area contributed by atoms with E-state index >= 15 is 0 Å². The number of primary amides is 1. The predicted octanol–water partition coefficient (Wildman–Crippen LogP) is 3.17. The number of nitrogens with two attached hydrogens (primary N) is 1. The van der Waals surface area contributed by atoms with E-state index in [0.29, 0.717) is 0 Å². The molecule has 88 valence electrons. The lowest BCUT2D eigenvalue weighted by atomic mass is 9.86. The molecule has 0 aliphatic carbocycles. The molecule has 0 heterocycles. The van der Waals surface area contributed by atoms with Crippen LogP contribution < -0.4 is 5.73 Å². The molecule has 1 aromatic rings. The molecule has 0 saturated carbocycles. The Bertz CT molecular complexity index is 357. The van der Waals surface area contributed by atoms with Gasteiger partial charge in [0.05, 0.1) is 0 Å². The second-order valence-electron chi connectivity index (χ2n) is 4.73. The van der Waals surface area contributed by atoms with Gasteiger partial charge in [0.15, 0.2) is 0 Å². The van der Waals surface area contributed by atoms with Gasteiger partial charge in [0.25, 0.3) is 0 Å². The molecule has 0 aromatic heterocycles. The number of rotatable bonds is 5. The Labute approximate surface area is 102 Å². The summed E-state index contributed by atoms with van der Waals surface area (Å²) in [4.78, 5) is 11.1. The monoisotopic (exact) mass is 239 g/mol. The van der Waals surface area contributed by atoms with Gasteiger partial charge in [0.2, 0.25) is 5.91 Å². The summed E-state index contributed by atoms with van der Waals surface area (Å²) in [6, 6.07) is 7.80. The second-order valence-corrected chi connectivity index (χ2v) is 5.16. The van der Waals surface area contributed by atoms with Crippen molar-refractivity contribution in [1.29, 1.82) is 0 Å². The fraction of sp³-hybridized carbons (Fsp3) is 0.462. The maximum Gasteiger partial charge on any atom is 0.223 e. The van der Waals surface area contributed by atoms with Gasteiger partial charge in [-0.1, -0.05) is 37.6 Å². The molecule has 0 saturated heterocycles. The van der Waals surface area contributed by atoms with E-state index in [0.717, 1.165) is 24.3 Å². The third-order valence-electron chi connectivity index (χ3n) is 2.85. The van der Waals surface area contributed by atoms with Gasteiger partial charge in [-0.3, -0.25) is 4.79 Å². The summed E-state index contributed by atoms with van der Waals surface area (Å²) in [5.74, 6) is -0.233. The molecule has 0 atom stereocenters. The van der Waals surface area contributed by atoms with Crippen LogP contribution in [0.25, 0.3) is 0 Å². The van der Waals surface area contributed by atoms with Crippen molar-refractivity contribution in [2.45, 2.75) is 33.1 Å². The van der Waals surface area contributed by atoms with Crippen LogP contribution in [0.2, 0.25) is 5.02 Å². The number of aryl methyl sites for hydroxylation is 1. The lowest BCUT2D eigenvalue weighted by Crippen LogP contribution is -2.31. The summed E-state index contributed by atoms with van der Waals surface area (Å²) in [5.41, 5.74) is 6.14. The van der Waals surface area contributed by atoms with Crippen molar-refractivity contribution < 1.29 is 4.79 Å². The Hall–Kier alpha value is -1.02. The van der Waals surface area contributed by atoms with E-state index < -0.39 is 5.41 Å². The number of amides is 1. The van der Waals surface area contributed by atoms with Crippen LogP contribution in [0.15, 0.2) is 24.3 Å². The van der Waals surface area contributed by atoms with E-state index in [1.54, 1.807) is 0 Å². The summed E-state index contributed by atoms with van der Waals surface area (Å²) in [7, 11) is 0. The summed E-state index contributed by atoms with van der Waals surface area (Å²) < 4.78 is 0. The van der Waals surface area contributed by atoms with Crippen molar-refractivity contribution in [2.24, 2.45) is 11.1 Å². The Morgan fingerprint density at radius 2 is 1.88 bits per heavy atom. The third-order valence-corrected chi connectivity index (χ3v) is 3.10. The molecule has 1 amide bonds. The lowest BCUT2D eigenvalue weighted by Gasteiger charge is -2.19. The largest absolute Gasteiger partial charge is 0.369 e. The zero-order valence-electron chi connectivity index (χ0n) is 9.79. The summed E-state index contributed by atoms with van der Waals surface area (Å²) in [6.07, 6.45) is 2.72. The molecule has 0 aliphatic rings. The van der Waals surface area contributed by atoms with Crippen molar-refractivity contribution >= 4 is 17.5 Å². The first kappa shape index (κ1) is 13.0. The first-order chi connectivity index (χ1) is 7.42. The zero-order chi connectivity index (χ0) is 12.2. The van der Waals surface area contributed by atoms with Crippen molar-refractivity contribution in [1.82, 2.24) is 0 Å². The van der Waals surface area contributed by atoms with Crippen LogP contribution in [-0.4, -0.2) is 5.91 Å². The van der Waals surface area contributed by atoms with Gasteiger partial charge in [0, 0.05) is 10.4 Å². The topological polar surface area (TPSA) is 43.1 Å². The lowest BCUT2D eigenvalue weighted by molar-refractivity contribution is -0.126. The Kier molecular flexibility index (Phi) is 4.36. The average molecular weight is 240 g/mol. The average Bonchev–Trinajstić information content (AvgIpc) is 2.20. The van der Waals surface area contributed by atoms with Crippen LogP contribution in [0.1, 0.15) is 32.3 Å². The molecule has 1 rings (SSSR count). The normalized spacial score (nSPS) is 11.4. The molecule has 2 nitrogen and oxygen atoms in total. The first-order valence-electron chi connectivity index (χ1n) is 5.46. The molecular formula is C13H18ClNO. The van der Waals surface area contributed by atoms with Crippen molar-refractivity contribution in [3.05, 3.63) is 34.9 Å². The molecule has 0 fully saturated rings. The minimum Gasteiger partial charge on any atom is -0.369 e. The highest BCUT2D eigenvalue weighted by atomic mass is 35.5. The Morgan fingerprint density at radius 1 is 1.31 bits per heavy atom. The number of hydrogen-bond acceptors (Lipinski definition) is 1. The Morgan fingerprint density at radius 3 is 2.38 bits per heavy atom. The van der Waals surface area contributed by atoms with E-state index in [1.807, 2.05) is 38.1 Å². The van der Waals surface area contributed by atoms with Crippen LogP contribution in [-0.2, 0) is 11.2 Å². The number of hydrogen-bond donors (Lipinski definition) is 1. The van der Waals surface area contributed by atoms with Gasteiger partial charge in [-0.2, -0.15) is 0 Å². The van der Waals surface area contributed by atoms with E-state index in [9.17, 15) is 4.79 Å². The Balaban J connectivity index is 2.41. The first-order valence-corrected chi connectivity index (χ1v) is 5.84. The third kappa shape index (κ3) is 3.86. The minimum atomic E-state index is -0.410. The fourth-order valence-electron chi connectivity index (χ4n) is 1.51. The highest BCUT2D eigenvalue weighted by Gasteiger charge is 2.23. The second kappa shape index (κ2) is 5.35. The van der Waals surface area contributed by atoms with Crippen LogP contribution in [0.5, 0.6) is 0 Å². The van der Waals surface area contributed by atoms with Crippen LogP contribution in [0.3, 0.4) is 0 Å². The summed E-state index contributed by atoms with van der Waals surface area (Å²) in [6.45, 7) is 3.77. The van der Waals surface area contributed by atoms with E-state index in [2.05, 4.69) is 0 Å². The van der Waals surface area contributed by atoms with Gasteiger partial charge >= 0.3 is 0 Å². The summed E-state index contributed by atoms with van der Waals surface area (Å²) in [5, 5.41) is 0.751. The molecule has 0 bridgehead atoms. The van der Waals surface area contributed by atoms with Gasteiger partial charge in [0.1, 0.15) is 0 Å². The maximum absolute atomic E-state index is 11.1. The molecule has 0 spiro atoms. The smallest absolute Gasteiger partial charge is 0.223 e. The van der Waals surface area contributed by atoms with Crippen LogP contribution in [0.4, 0.5) is 0 Å². The van der Waals surface area contributed by atoms with E-state index in [-0.39, 0.29) is 5.91 Å². The van der Waals surface area contributed by atoms with E-state index in [4.69, 9.17) is 17.3 Å². The molecule has 16 heavy (non-hydrogen) atoms. The van der Waals surface area contributed by atoms with E-state index in [1.165, 1.54) is 5.56 Å². The van der Waals surface area contributed by atoms with Gasteiger partial charge in [-0.15, -0.1) is 0 Å².